The summed E-state index contributed by atoms with van der Waals surface area (Å²) in [4.78, 5) is 11.2. The van der Waals surface area contributed by atoms with Crippen LogP contribution < -0.4 is 5.32 Å². The van der Waals surface area contributed by atoms with Gasteiger partial charge < -0.3 is 10.1 Å². The third kappa shape index (κ3) is 3.87. The van der Waals surface area contributed by atoms with Gasteiger partial charge in [0.15, 0.2) is 0 Å². The molecule has 0 aliphatic carbocycles. The molecule has 1 saturated heterocycles. The van der Waals surface area contributed by atoms with Crippen LogP contribution in [0, 0.1) is 0 Å². The number of nitrogens with one attached hydrogen (secondary N) is 1. The third-order valence-electron chi connectivity index (χ3n) is 2.92. The number of alkyl halides is 1. The van der Waals surface area contributed by atoms with Crippen molar-refractivity contribution in [2.45, 2.75) is 4.90 Å². The van der Waals surface area contributed by atoms with Gasteiger partial charge in [0, 0.05) is 18.8 Å². The van der Waals surface area contributed by atoms with Crippen molar-refractivity contribution in [1.29, 1.82) is 0 Å². The second-order valence-corrected chi connectivity index (χ2v) is 6.92. The van der Waals surface area contributed by atoms with Crippen LogP contribution in [0.4, 0.5) is 5.69 Å². The molecule has 1 aliphatic rings. The molecule has 1 aliphatic heterocycles. The number of halogens is 2. The van der Waals surface area contributed by atoms with Gasteiger partial charge in [0.05, 0.1) is 18.2 Å². The number of hydrogen-bond donors (Lipinski definition) is 1. The smallest absolute Gasteiger partial charge is 0.244 e. The molecular weight excluding hydrogens is 339 g/mol. The van der Waals surface area contributed by atoms with Gasteiger partial charge in [-0.25, -0.2) is 8.42 Å². The molecule has 0 aromatic heterocycles. The molecule has 1 amide bonds. The van der Waals surface area contributed by atoms with Gasteiger partial charge in [-0.15, -0.1) is 11.6 Å². The van der Waals surface area contributed by atoms with Crippen LogP contribution in [0.15, 0.2) is 23.1 Å². The highest BCUT2D eigenvalue weighted by Gasteiger charge is 2.28. The van der Waals surface area contributed by atoms with E-state index in [2.05, 4.69) is 5.32 Å². The van der Waals surface area contributed by atoms with E-state index in [1.807, 2.05) is 0 Å². The molecule has 1 heterocycles. The highest BCUT2D eigenvalue weighted by Crippen LogP contribution is 2.28. The summed E-state index contributed by atoms with van der Waals surface area (Å²) in [6.07, 6.45) is 0. The number of hydrogen-bond acceptors (Lipinski definition) is 4. The van der Waals surface area contributed by atoms with Gasteiger partial charge in [0.2, 0.25) is 15.9 Å². The Hall–Kier alpha value is -0.860. The zero-order valence-corrected chi connectivity index (χ0v) is 13.3. The van der Waals surface area contributed by atoms with E-state index in [1.165, 1.54) is 22.5 Å². The van der Waals surface area contributed by atoms with Gasteiger partial charge in [-0.3, -0.25) is 4.79 Å². The molecule has 1 aromatic rings. The fourth-order valence-electron chi connectivity index (χ4n) is 1.90. The summed E-state index contributed by atoms with van der Waals surface area (Å²) in [5.41, 5.74) is 0.330. The average molecular weight is 353 g/mol. The summed E-state index contributed by atoms with van der Waals surface area (Å²) in [5, 5.41) is 2.60. The lowest BCUT2D eigenvalue weighted by Crippen LogP contribution is -2.40. The lowest BCUT2D eigenvalue weighted by atomic mass is 10.3. The number of carbonyl (C=O) groups excluding carboxylic acids is 1. The molecule has 21 heavy (non-hydrogen) atoms. The van der Waals surface area contributed by atoms with E-state index in [-0.39, 0.29) is 28.9 Å². The number of amides is 1. The zero-order chi connectivity index (χ0) is 15.5. The highest BCUT2D eigenvalue weighted by molar-refractivity contribution is 7.89. The molecule has 9 heteroatoms. The summed E-state index contributed by atoms with van der Waals surface area (Å²) in [7, 11) is -3.72. The van der Waals surface area contributed by atoms with E-state index < -0.39 is 15.9 Å². The molecule has 1 aromatic carbocycles. The van der Waals surface area contributed by atoms with Crippen LogP contribution in [0.25, 0.3) is 0 Å². The van der Waals surface area contributed by atoms with E-state index in [4.69, 9.17) is 27.9 Å². The quantitative estimate of drug-likeness (QED) is 0.834. The van der Waals surface area contributed by atoms with Crippen molar-refractivity contribution in [3.05, 3.63) is 23.2 Å². The Bertz CT molecular complexity index is 630. The highest BCUT2D eigenvalue weighted by atomic mass is 35.5. The van der Waals surface area contributed by atoms with Gasteiger partial charge >= 0.3 is 0 Å². The van der Waals surface area contributed by atoms with E-state index in [0.717, 1.165) is 0 Å². The second kappa shape index (κ2) is 6.93. The molecule has 0 saturated carbocycles. The molecular formula is C12H14Cl2N2O4S. The third-order valence-corrected chi connectivity index (χ3v) is 5.55. The lowest BCUT2D eigenvalue weighted by Gasteiger charge is -2.26. The first kappa shape index (κ1) is 16.5. The number of nitrogens with zero attached hydrogens (tertiary/aromatic N) is 1. The molecule has 0 bridgehead atoms. The van der Waals surface area contributed by atoms with Crippen molar-refractivity contribution in [3.8, 4) is 0 Å². The molecule has 0 spiro atoms. The largest absolute Gasteiger partial charge is 0.379 e. The molecule has 1 fully saturated rings. The number of morpholine rings is 1. The fourth-order valence-corrected chi connectivity index (χ4v) is 3.87. The van der Waals surface area contributed by atoms with E-state index in [1.54, 1.807) is 0 Å². The van der Waals surface area contributed by atoms with Crippen LogP contribution >= 0.6 is 23.2 Å². The lowest BCUT2D eigenvalue weighted by molar-refractivity contribution is -0.113. The van der Waals surface area contributed by atoms with Gasteiger partial charge in [-0.1, -0.05) is 11.6 Å². The number of sulfonamides is 1. The maximum atomic E-state index is 12.6. The summed E-state index contributed by atoms with van der Waals surface area (Å²) in [5.74, 6) is -0.637. The molecule has 2 rings (SSSR count). The maximum absolute atomic E-state index is 12.6. The topological polar surface area (TPSA) is 75.7 Å². The first-order valence-corrected chi connectivity index (χ1v) is 8.53. The Labute approximate surface area is 133 Å². The van der Waals surface area contributed by atoms with Crippen LogP contribution in [-0.2, 0) is 19.6 Å². The molecule has 116 valence electrons. The summed E-state index contributed by atoms with van der Waals surface area (Å²) in [6.45, 7) is 1.24. The van der Waals surface area contributed by atoms with Crippen LogP contribution in [-0.4, -0.2) is 50.8 Å². The van der Waals surface area contributed by atoms with E-state index in [0.29, 0.717) is 18.9 Å². The Kier molecular flexibility index (Phi) is 5.45. The van der Waals surface area contributed by atoms with Gasteiger partial charge in [-0.2, -0.15) is 4.31 Å². The minimum atomic E-state index is -3.72. The Morgan fingerprint density at radius 3 is 2.62 bits per heavy atom. The van der Waals surface area contributed by atoms with Crippen molar-refractivity contribution in [2.24, 2.45) is 0 Å². The minimum Gasteiger partial charge on any atom is -0.379 e. The normalized spacial score (nSPS) is 16.7. The number of benzene rings is 1. The van der Waals surface area contributed by atoms with Crippen LogP contribution in [0.5, 0.6) is 0 Å². The summed E-state index contributed by atoms with van der Waals surface area (Å²) >= 11 is 11.4. The summed E-state index contributed by atoms with van der Waals surface area (Å²) in [6, 6.07) is 4.28. The molecule has 0 unspecified atom stereocenters. The monoisotopic (exact) mass is 352 g/mol. The maximum Gasteiger partial charge on any atom is 0.244 e. The second-order valence-electron chi connectivity index (χ2n) is 4.34. The van der Waals surface area contributed by atoms with E-state index >= 15 is 0 Å². The SMILES string of the molecule is O=C(CCl)Nc1ccc(Cl)c(S(=O)(=O)N2CCOCC2)c1. The number of rotatable bonds is 4. The van der Waals surface area contributed by atoms with Crippen LogP contribution in [0.2, 0.25) is 5.02 Å². The predicted molar refractivity (Wildman–Crippen MR) is 80.4 cm³/mol. The van der Waals surface area contributed by atoms with Gasteiger partial charge in [0.1, 0.15) is 10.8 Å². The molecule has 1 N–H and O–H groups in total. The standard InChI is InChI=1S/C12H14Cl2N2O4S/c13-8-12(17)15-9-1-2-10(14)11(7-9)21(18,19)16-3-5-20-6-4-16/h1-2,7H,3-6,8H2,(H,15,17). The van der Waals surface area contributed by atoms with Crippen molar-refractivity contribution in [1.82, 2.24) is 4.31 Å². The van der Waals surface area contributed by atoms with Gasteiger partial charge in [0.25, 0.3) is 0 Å². The Morgan fingerprint density at radius 2 is 2.00 bits per heavy atom. The Morgan fingerprint density at radius 1 is 1.33 bits per heavy atom. The van der Waals surface area contributed by atoms with Crippen molar-refractivity contribution in [2.75, 3.05) is 37.5 Å². The number of anilines is 1. The molecule has 0 atom stereocenters. The Balaban J connectivity index is 2.33. The van der Waals surface area contributed by atoms with Crippen LogP contribution in [0.3, 0.4) is 0 Å². The van der Waals surface area contributed by atoms with Crippen LogP contribution in [0.1, 0.15) is 0 Å². The first-order valence-electron chi connectivity index (χ1n) is 6.18. The van der Waals surface area contributed by atoms with Crippen molar-refractivity contribution < 1.29 is 17.9 Å². The molecule has 0 radical (unpaired) electrons. The van der Waals surface area contributed by atoms with Crippen molar-refractivity contribution >= 4 is 44.8 Å². The minimum absolute atomic E-state index is 0.0431. The molecule has 6 nitrogen and oxygen atoms in total. The number of carbonyl (C=O) groups is 1. The summed E-state index contributed by atoms with van der Waals surface area (Å²) < 4.78 is 31.6. The average Bonchev–Trinajstić information content (AvgIpc) is 2.49. The van der Waals surface area contributed by atoms with Crippen molar-refractivity contribution in [3.63, 3.8) is 0 Å². The fraction of sp³-hybridized carbons (Fsp3) is 0.417. The van der Waals surface area contributed by atoms with E-state index in [9.17, 15) is 13.2 Å². The predicted octanol–water partition coefficient (Wildman–Crippen LogP) is 1.54. The zero-order valence-electron chi connectivity index (χ0n) is 11.0. The number of ether oxygens (including phenoxy) is 1. The van der Waals surface area contributed by atoms with Gasteiger partial charge in [-0.05, 0) is 18.2 Å². The first-order chi connectivity index (χ1) is 9.95.